The number of carbonyl (C=O) groups is 1. The van der Waals surface area contributed by atoms with Gasteiger partial charge >= 0.3 is 0 Å². The molecule has 0 saturated carbocycles. The zero-order chi connectivity index (χ0) is 11.5. The summed E-state index contributed by atoms with van der Waals surface area (Å²) in [6, 6.07) is 8.17. The van der Waals surface area contributed by atoms with Gasteiger partial charge in [-0.25, -0.2) is 0 Å². The lowest BCUT2D eigenvalue weighted by atomic mass is 10.1. The molecule has 0 fully saturated rings. The third kappa shape index (κ3) is 2.18. The van der Waals surface area contributed by atoms with E-state index in [1.54, 1.807) is 0 Å². The van der Waals surface area contributed by atoms with Crippen molar-refractivity contribution in [1.82, 2.24) is 5.32 Å². The molecule has 1 aromatic rings. The number of hydrogen-bond acceptors (Lipinski definition) is 2. The molecule has 1 heterocycles. The minimum absolute atomic E-state index is 0.0545. The van der Waals surface area contributed by atoms with Gasteiger partial charge in [-0.1, -0.05) is 32.0 Å². The summed E-state index contributed by atoms with van der Waals surface area (Å²) in [6.45, 7) is 3.98. The van der Waals surface area contributed by atoms with E-state index in [1.807, 2.05) is 32.0 Å². The molecule has 2 atom stereocenters. The second kappa shape index (κ2) is 4.56. The van der Waals surface area contributed by atoms with Gasteiger partial charge in [0, 0.05) is 18.0 Å². The van der Waals surface area contributed by atoms with Gasteiger partial charge in [-0.15, -0.1) is 0 Å². The summed E-state index contributed by atoms with van der Waals surface area (Å²) in [4.78, 5) is 11.7. The fourth-order valence-corrected chi connectivity index (χ4v) is 1.88. The minimum atomic E-state index is 0.0545. The molecule has 0 radical (unpaired) electrons. The fraction of sp³-hybridized carbons (Fsp3) is 0.462. The second-order valence-electron chi connectivity index (χ2n) is 4.38. The van der Waals surface area contributed by atoms with E-state index in [1.165, 1.54) is 5.56 Å². The van der Waals surface area contributed by atoms with Crippen LogP contribution in [-0.4, -0.2) is 12.1 Å². The van der Waals surface area contributed by atoms with Crippen molar-refractivity contribution in [2.75, 3.05) is 5.32 Å². The van der Waals surface area contributed by atoms with Crippen LogP contribution in [0.4, 0.5) is 5.69 Å². The number of amides is 1. The highest BCUT2D eigenvalue weighted by Gasteiger charge is 2.22. The fourth-order valence-electron chi connectivity index (χ4n) is 1.88. The van der Waals surface area contributed by atoms with Crippen LogP contribution in [0.2, 0.25) is 0 Å². The van der Waals surface area contributed by atoms with E-state index in [2.05, 4.69) is 16.7 Å². The Labute approximate surface area is 96.2 Å². The lowest BCUT2D eigenvalue weighted by molar-refractivity contribution is -0.125. The summed E-state index contributed by atoms with van der Waals surface area (Å²) in [7, 11) is 0. The van der Waals surface area contributed by atoms with Crippen LogP contribution in [0.15, 0.2) is 24.3 Å². The third-order valence-electron chi connectivity index (χ3n) is 3.15. The Morgan fingerprint density at radius 3 is 3.00 bits per heavy atom. The number of rotatable bonds is 3. The van der Waals surface area contributed by atoms with Gasteiger partial charge in [-0.05, 0) is 18.1 Å². The number of para-hydroxylation sites is 1. The molecular formula is C13H18N2O. The number of benzene rings is 1. The van der Waals surface area contributed by atoms with Crippen LogP contribution in [-0.2, 0) is 11.2 Å². The van der Waals surface area contributed by atoms with E-state index in [4.69, 9.17) is 0 Å². The quantitative estimate of drug-likeness (QED) is 0.816. The molecule has 0 spiro atoms. The molecule has 1 aliphatic rings. The van der Waals surface area contributed by atoms with Crippen molar-refractivity contribution >= 4 is 11.6 Å². The van der Waals surface area contributed by atoms with Crippen LogP contribution < -0.4 is 10.6 Å². The van der Waals surface area contributed by atoms with E-state index < -0.39 is 0 Å². The summed E-state index contributed by atoms with van der Waals surface area (Å²) >= 11 is 0. The highest BCUT2D eigenvalue weighted by molar-refractivity contribution is 5.79. The van der Waals surface area contributed by atoms with E-state index >= 15 is 0 Å². The molecule has 1 amide bonds. The van der Waals surface area contributed by atoms with Crippen molar-refractivity contribution in [3.8, 4) is 0 Å². The maximum absolute atomic E-state index is 11.7. The van der Waals surface area contributed by atoms with Crippen LogP contribution in [0.5, 0.6) is 0 Å². The Balaban J connectivity index is 1.95. The standard InChI is InChI=1S/C13H18N2O/c1-3-9(2)13(16)15-12-8-10-6-4-5-7-11(10)14-12/h4-7,9,12,14H,3,8H2,1-2H3,(H,15,16). The van der Waals surface area contributed by atoms with Gasteiger partial charge in [0.05, 0.1) is 0 Å². The molecule has 2 N–H and O–H groups in total. The summed E-state index contributed by atoms with van der Waals surface area (Å²) in [5.74, 6) is 0.221. The van der Waals surface area contributed by atoms with Crippen LogP contribution >= 0.6 is 0 Å². The third-order valence-corrected chi connectivity index (χ3v) is 3.15. The second-order valence-corrected chi connectivity index (χ2v) is 4.38. The monoisotopic (exact) mass is 218 g/mol. The highest BCUT2D eigenvalue weighted by Crippen LogP contribution is 2.24. The normalized spacial score (nSPS) is 19.8. The predicted molar refractivity (Wildman–Crippen MR) is 65.2 cm³/mol. The number of hydrogen-bond donors (Lipinski definition) is 2. The molecule has 0 bridgehead atoms. The number of anilines is 1. The van der Waals surface area contributed by atoms with Gasteiger partial charge in [-0.3, -0.25) is 4.79 Å². The summed E-state index contributed by atoms with van der Waals surface area (Å²) in [5.41, 5.74) is 2.41. The minimum Gasteiger partial charge on any atom is -0.365 e. The van der Waals surface area contributed by atoms with E-state index in [0.29, 0.717) is 0 Å². The Kier molecular flexibility index (Phi) is 3.13. The SMILES string of the molecule is CCC(C)C(=O)NC1Cc2ccccc2N1. The van der Waals surface area contributed by atoms with E-state index in [-0.39, 0.29) is 18.0 Å². The summed E-state index contributed by atoms with van der Waals surface area (Å²) in [5, 5.41) is 6.34. The van der Waals surface area contributed by atoms with Gasteiger partial charge in [0.1, 0.15) is 6.17 Å². The molecule has 0 aromatic heterocycles. The largest absolute Gasteiger partial charge is 0.365 e. The van der Waals surface area contributed by atoms with E-state index in [0.717, 1.165) is 18.5 Å². The van der Waals surface area contributed by atoms with Crippen molar-refractivity contribution in [3.05, 3.63) is 29.8 Å². The highest BCUT2D eigenvalue weighted by atomic mass is 16.2. The molecule has 3 nitrogen and oxygen atoms in total. The molecular weight excluding hydrogens is 200 g/mol. The molecule has 16 heavy (non-hydrogen) atoms. The van der Waals surface area contributed by atoms with Crippen molar-refractivity contribution in [3.63, 3.8) is 0 Å². The van der Waals surface area contributed by atoms with Crippen molar-refractivity contribution < 1.29 is 4.79 Å². The molecule has 1 aromatic carbocycles. The Morgan fingerprint density at radius 2 is 2.31 bits per heavy atom. The average molecular weight is 218 g/mol. The van der Waals surface area contributed by atoms with Crippen LogP contribution in [0.25, 0.3) is 0 Å². The number of carbonyl (C=O) groups excluding carboxylic acids is 1. The van der Waals surface area contributed by atoms with E-state index in [9.17, 15) is 4.79 Å². The number of fused-ring (bicyclic) bond motifs is 1. The molecule has 86 valence electrons. The van der Waals surface area contributed by atoms with Gasteiger partial charge in [0.15, 0.2) is 0 Å². The Bertz CT molecular complexity index is 364. The molecule has 0 saturated heterocycles. The molecule has 0 aliphatic carbocycles. The zero-order valence-corrected chi connectivity index (χ0v) is 9.79. The molecule has 1 aliphatic heterocycles. The lowest BCUT2D eigenvalue weighted by Gasteiger charge is -2.16. The van der Waals surface area contributed by atoms with Crippen molar-refractivity contribution in [2.24, 2.45) is 5.92 Å². The first-order valence-electron chi connectivity index (χ1n) is 5.85. The smallest absolute Gasteiger partial charge is 0.224 e. The van der Waals surface area contributed by atoms with Crippen molar-refractivity contribution in [2.45, 2.75) is 32.9 Å². The molecule has 2 rings (SSSR count). The van der Waals surface area contributed by atoms with Crippen LogP contribution in [0, 0.1) is 5.92 Å². The number of nitrogens with one attached hydrogen (secondary N) is 2. The topological polar surface area (TPSA) is 41.1 Å². The Morgan fingerprint density at radius 1 is 1.56 bits per heavy atom. The summed E-state index contributed by atoms with van der Waals surface area (Å²) < 4.78 is 0. The maximum atomic E-state index is 11.7. The first-order chi connectivity index (χ1) is 7.70. The van der Waals surface area contributed by atoms with Gasteiger partial charge < -0.3 is 10.6 Å². The first kappa shape index (κ1) is 11.0. The average Bonchev–Trinajstić information content (AvgIpc) is 2.69. The van der Waals surface area contributed by atoms with Crippen molar-refractivity contribution in [1.29, 1.82) is 0 Å². The van der Waals surface area contributed by atoms with Gasteiger partial charge in [-0.2, -0.15) is 0 Å². The Hall–Kier alpha value is -1.51. The van der Waals surface area contributed by atoms with Gasteiger partial charge in [0.2, 0.25) is 5.91 Å². The first-order valence-corrected chi connectivity index (χ1v) is 5.85. The molecule has 2 unspecified atom stereocenters. The predicted octanol–water partition coefficient (Wildman–Crippen LogP) is 2.14. The molecule has 3 heteroatoms. The van der Waals surface area contributed by atoms with Gasteiger partial charge in [0.25, 0.3) is 0 Å². The zero-order valence-electron chi connectivity index (χ0n) is 9.79. The lowest BCUT2D eigenvalue weighted by Crippen LogP contribution is -2.41. The van der Waals surface area contributed by atoms with Crippen LogP contribution in [0.3, 0.4) is 0 Å². The maximum Gasteiger partial charge on any atom is 0.224 e. The van der Waals surface area contributed by atoms with Crippen LogP contribution in [0.1, 0.15) is 25.8 Å². The summed E-state index contributed by atoms with van der Waals surface area (Å²) in [6.07, 6.45) is 1.81.